The molecule has 0 radical (unpaired) electrons. The van der Waals surface area contributed by atoms with E-state index in [1.165, 1.54) is 5.69 Å². The molecule has 0 bridgehead atoms. The van der Waals surface area contributed by atoms with E-state index in [1.54, 1.807) is 0 Å². The Balaban J connectivity index is 2.35. The number of rotatable bonds is 2. The third-order valence-corrected chi connectivity index (χ3v) is 2.71. The van der Waals surface area contributed by atoms with E-state index in [1.807, 2.05) is 19.9 Å². The summed E-state index contributed by atoms with van der Waals surface area (Å²) in [6, 6.07) is 1.94. The largest absolute Gasteiger partial charge is 0.462 e. The first-order valence-corrected chi connectivity index (χ1v) is 5.10. The summed E-state index contributed by atoms with van der Waals surface area (Å²) in [7, 11) is 0. The average Bonchev–Trinajstić information content (AvgIpc) is 2.70. The number of aryl methyl sites for hydroxylation is 1. The number of carbonyl (C=O) groups excluding carboxylic acids is 1. The van der Waals surface area contributed by atoms with Gasteiger partial charge in [-0.1, -0.05) is 0 Å². The Kier molecular flexibility index (Phi) is 2.32. The molecule has 76 valence electrons. The Bertz CT molecular complexity index is 366. The van der Waals surface area contributed by atoms with Crippen molar-refractivity contribution in [2.45, 2.75) is 33.2 Å². The van der Waals surface area contributed by atoms with Crippen LogP contribution in [-0.2, 0) is 17.7 Å². The van der Waals surface area contributed by atoms with Crippen LogP contribution in [-0.4, -0.2) is 17.1 Å². The van der Waals surface area contributed by atoms with E-state index in [0.717, 1.165) is 30.6 Å². The first-order chi connectivity index (χ1) is 6.74. The van der Waals surface area contributed by atoms with Gasteiger partial charge in [-0.25, -0.2) is 4.79 Å². The van der Waals surface area contributed by atoms with Crippen LogP contribution in [0.25, 0.3) is 0 Å². The molecule has 3 heteroatoms. The van der Waals surface area contributed by atoms with Gasteiger partial charge >= 0.3 is 5.97 Å². The lowest BCUT2D eigenvalue weighted by molar-refractivity contribution is 0.0525. The van der Waals surface area contributed by atoms with Gasteiger partial charge in [0.1, 0.15) is 0 Å². The lowest BCUT2D eigenvalue weighted by Gasteiger charge is -2.01. The third kappa shape index (κ3) is 1.33. The molecule has 1 aliphatic heterocycles. The van der Waals surface area contributed by atoms with E-state index in [9.17, 15) is 4.79 Å². The summed E-state index contributed by atoms with van der Waals surface area (Å²) in [5, 5.41) is 0. The van der Waals surface area contributed by atoms with E-state index in [2.05, 4.69) is 4.57 Å². The van der Waals surface area contributed by atoms with Crippen LogP contribution in [0.1, 0.15) is 35.1 Å². The second-order valence-corrected chi connectivity index (χ2v) is 3.62. The molecule has 0 N–H and O–H groups in total. The van der Waals surface area contributed by atoms with Crippen molar-refractivity contribution < 1.29 is 9.53 Å². The van der Waals surface area contributed by atoms with E-state index in [0.29, 0.717) is 6.61 Å². The fraction of sp³-hybridized carbons (Fsp3) is 0.545. The molecule has 14 heavy (non-hydrogen) atoms. The van der Waals surface area contributed by atoms with Crippen LogP contribution in [0.3, 0.4) is 0 Å². The van der Waals surface area contributed by atoms with Gasteiger partial charge in [-0.3, -0.25) is 0 Å². The maximum Gasteiger partial charge on any atom is 0.339 e. The molecular formula is C11H15NO2. The van der Waals surface area contributed by atoms with Gasteiger partial charge in [-0.15, -0.1) is 0 Å². The van der Waals surface area contributed by atoms with Gasteiger partial charge in [0, 0.05) is 17.9 Å². The van der Waals surface area contributed by atoms with E-state index < -0.39 is 0 Å². The third-order valence-electron chi connectivity index (χ3n) is 2.71. The lowest BCUT2D eigenvalue weighted by Crippen LogP contribution is -2.06. The molecule has 0 saturated carbocycles. The second-order valence-electron chi connectivity index (χ2n) is 3.62. The number of esters is 1. The van der Waals surface area contributed by atoms with Crippen LogP contribution in [0.5, 0.6) is 0 Å². The van der Waals surface area contributed by atoms with Gasteiger partial charge < -0.3 is 9.30 Å². The monoisotopic (exact) mass is 193 g/mol. The molecule has 0 aromatic carbocycles. The molecule has 0 amide bonds. The number of hydrogen-bond acceptors (Lipinski definition) is 2. The highest BCUT2D eigenvalue weighted by Crippen LogP contribution is 2.24. The zero-order chi connectivity index (χ0) is 10.1. The number of nitrogens with zero attached hydrogens (tertiary/aromatic N) is 1. The van der Waals surface area contributed by atoms with Gasteiger partial charge in [0.2, 0.25) is 0 Å². The molecule has 0 unspecified atom stereocenters. The van der Waals surface area contributed by atoms with Crippen molar-refractivity contribution in [3.8, 4) is 0 Å². The van der Waals surface area contributed by atoms with Crippen molar-refractivity contribution >= 4 is 5.97 Å². The predicted octanol–water partition coefficient (Wildman–Crippen LogP) is 1.92. The van der Waals surface area contributed by atoms with Crippen molar-refractivity contribution in [3.05, 3.63) is 23.0 Å². The first kappa shape index (κ1) is 9.31. The summed E-state index contributed by atoms with van der Waals surface area (Å²) in [6.45, 7) is 5.36. The molecule has 0 fully saturated rings. The van der Waals surface area contributed by atoms with Gasteiger partial charge in [0.05, 0.1) is 12.2 Å². The Labute approximate surface area is 83.7 Å². The van der Waals surface area contributed by atoms with Crippen molar-refractivity contribution in [1.29, 1.82) is 0 Å². The van der Waals surface area contributed by atoms with E-state index in [-0.39, 0.29) is 5.97 Å². The molecular weight excluding hydrogens is 178 g/mol. The summed E-state index contributed by atoms with van der Waals surface area (Å²) in [5.74, 6) is -0.175. The molecule has 0 spiro atoms. The summed E-state index contributed by atoms with van der Waals surface area (Å²) in [6.07, 6.45) is 2.14. The minimum absolute atomic E-state index is 0.175. The average molecular weight is 193 g/mol. The van der Waals surface area contributed by atoms with Gasteiger partial charge in [-0.2, -0.15) is 0 Å². The van der Waals surface area contributed by atoms with E-state index >= 15 is 0 Å². The maximum atomic E-state index is 11.6. The second kappa shape index (κ2) is 3.48. The minimum atomic E-state index is -0.175. The Morgan fingerprint density at radius 3 is 3.14 bits per heavy atom. The minimum Gasteiger partial charge on any atom is -0.462 e. The standard InChI is InChI=1S/C11H15NO2/c1-3-14-11(13)9-7-8(2)12-6-4-5-10(9)12/h7H,3-6H2,1-2H3. The summed E-state index contributed by atoms with van der Waals surface area (Å²) in [4.78, 5) is 11.6. The van der Waals surface area contributed by atoms with Crippen LogP contribution in [0.4, 0.5) is 0 Å². The maximum absolute atomic E-state index is 11.6. The number of hydrogen-bond donors (Lipinski definition) is 0. The van der Waals surface area contributed by atoms with Gasteiger partial charge in [0.15, 0.2) is 0 Å². The fourth-order valence-electron chi connectivity index (χ4n) is 2.10. The van der Waals surface area contributed by atoms with Crippen LogP contribution in [0.2, 0.25) is 0 Å². The molecule has 0 atom stereocenters. The Morgan fingerprint density at radius 2 is 2.43 bits per heavy atom. The molecule has 1 aliphatic rings. The molecule has 0 saturated heterocycles. The van der Waals surface area contributed by atoms with Crippen LogP contribution in [0.15, 0.2) is 6.07 Å². The zero-order valence-electron chi connectivity index (χ0n) is 8.67. The normalized spacial score (nSPS) is 14.1. The van der Waals surface area contributed by atoms with Crippen LogP contribution < -0.4 is 0 Å². The number of ether oxygens (including phenoxy) is 1. The van der Waals surface area contributed by atoms with Gasteiger partial charge in [-0.05, 0) is 32.8 Å². The lowest BCUT2D eigenvalue weighted by atomic mass is 10.2. The molecule has 0 aliphatic carbocycles. The van der Waals surface area contributed by atoms with Crippen LogP contribution in [0, 0.1) is 6.92 Å². The molecule has 3 nitrogen and oxygen atoms in total. The van der Waals surface area contributed by atoms with Gasteiger partial charge in [0.25, 0.3) is 0 Å². The predicted molar refractivity (Wildman–Crippen MR) is 53.4 cm³/mol. The Hall–Kier alpha value is -1.25. The highest BCUT2D eigenvalue weighted by Gasteiger charge is 2.22. The summed E-state index contributed by atoms with van der Waals surface area (Å²) in [5.41, 5.74) is 3.09. The summed E-state index contributed by atoms with van der Waals surface area (Å²) < 4.78 is 7.23. The topological polar surface area (TPSA) is 31.2 Å². The smallest absolute Gasteiger partial charge is 0.339 e. The molecule has 2 rings (SSSR count). The fourth-order valence-corrected chi connectivity index (χ4v) is 2.10. The highest BCUT2D eigenvalue weighted by atomic mass is 16.5. The van der Waals surface area contributed by atoms with E-state index in [4.69, 9.17) is 4.74 Å². The SMILES string of the molecule is CCOC(=O)c1cc(C)n2c1CCC2. The molecule has 1 aromatic rings. The number of aromatic nitrogens is 1. The number of fused-ring (bicyclic) bond motifs is 1. The first-order valence-electron chi connectivity index (χ1n) is 5.10. The molecule has 1 aromatic heterocycles. The van der Waals surface area contributed by atoms with Crippen LogP contribution >= 0.6 is 0 Å². The van der Waals surface area contributed by atoms with Crippen molar-refractivity contribution in [2.75, 3.05) is 6.61 Å². The zero-order valence-corrected chi connectivity index (χ0v) is 8.67. The molecule has 2 heterocycles. The highest BCUT2D eigenvalue weighted by molar-refractivity contribution is 5.91. The van der Waals surface area contributed by atoms with Crippen molar-refractivity contribution in [1.82, 2.24) is 4.57 Å². The number of carbonyl (C=O) groups is 1. The Morgan fingerprint density at radius 1 is 1.64 bits per heavy atom. The summed E-state index contributed by atoms with van der Waals surface area (Å²) >= 11 is 0. The van der Waals surface area contributed by atoms with Crippen molar-refractivity contribution in [3.63, 3.8) is 0 Å². The quantitative estimate of drug-likeness (QED) is 0.672. The van der Waals surface area contributed by atoms with Crippen molar-refractivity contribution in [2.24, 2.45) is 0 Å².